The average Bonchev–Trinajstić information content (AvgIpc) is 2.73. The Hall–Kier alpha value is -0.910. The largest absolute Gasteiger partial charge is 0.488 e. The van der Waals surface area contributed by atoms with Crippen LogP contribution in [0.4, 0.5) is 0 Å². The highest BCUT2D eigenvalue weighted by atomic mass is 79.9. The molecule has 0 saturated carbocycles. The van der Waals surface area contributed by atoms with Gasteiger partial charge in [0.15, 0.2) is 0 Å². The minimum Gasteiger partial charge on any atom is -0.488 e. The summed E-state index contributed by atoms with van der Waals surface area (Å²) < 4.78 is 6.67. The highest BCUT2D eigenvalue weighted by Crippen LogP contribution is 2.29. The highest BCUT2D eigenvalue weighted by molar-refractivity contribution is 9.10. The molecular formula is C13H14BrNO2S. The van der Waals surface area contributed by atoms with E-state index >= 15 is 0 Å². The quantitative estimate of drug-likeness (QED) is 0.927. The summed E-state index contributed by atoms with van der Waals surface area (Å²) in [6.07, 6.45) is 1.27. The fourth-order valence-electron chi connectivity index (χ4n) is 1.60. The fraction of sp³-hybridized carbons (Fsp3) is 0.308. The first-order valence-corrected chi connectivity index (χ1v) is 7.19. The molecule has 96 valence electrons. The predicted molar refractivity (Wildman–Crippen MR) is 76.0 cm³/mol. The summed E-state index contributed by atoms with van der Waals surface area (Å²) in [4.78, 5) is 5.26. The van der Waals surface area contributed by atoms with Gasteiger partial charge in [-0.25, -0.2) is 4.98 Å². The molecule has 0 bridgehead atoms. The third-order valence-electron chi connectivity index (χ3n) is 2.46. The molecule has 0 radical (unpaired) electrons. The Morgan fingerprint density at radius 2 is 2.28 bits per heavy atom. The van der Waals surface area contributed by atoms with Gasteiger partial charge in [-0.3, -0.25) is 0 Å². The van der Waals surface area contributed by atoms with Gasteiger partial charge in [0.25, 0.3) is 0 Å². The summed E-state index contributed by atoms with van der Waals surface area (Å²) in [5, 5.41) is 10.7. The molecular weight excluding hydrogens is 314 g/mol. The van der Waals surface area contributed by atoms with E-state index in [9.17, 15) is 5.11 Å². The fourth-order valence-corrected chi connectivity index (χ4v) is 2.69. The number of benzene rings is 1. The maximum absolute atomic E-state index is 9.72. The molecule has 0 amide bonds. The van der Waals surface area contributed by atoms with Crippen molar-refractivity contribution in [3.63, 3.8) is 0 Å². The van der Waals surface area contributed by atoms with Crippen LogP contribution in [0.15, 0.2) is 28.9 Å². The van der Waals surface area contributed by atoms with Gasteiger partial charge in [0.05, 0.1) is 16.0 Å². The van der Waals surface area contributed by atoms with Gasteiger partial charge in [0.2, 0.25) is 0 Å². The number of ether oxygens (including phenoxy) is 1. The molecule has 1 heterocycles. The van der Waals surface area contributed by atoms with Crippen LogP contribution in [0.2, 0.25) is 0 Å². The smallest absolute Gasteiger partial charge is 0.125 e. The number of hydrogen-bond donors (Lipinski definition) is 1. The molecule has 1 unspecified atom stereocenters. The predicted octanol–water partition coefficient (Wildman–Crippen LogP) is 3.85. The van der Waals surface area contributed by atoms with E-state index in [0.717, 1.165) is 19.9 Å². The maximum atomic E-state index is 9.72. The Morgan fingerprint density at radius 3 is 2.89 bits per heavy atom. The second-order valence-electron chi connectivity index (χ2n) is 3.99. The van der Waals surface area contributed by atoms with Gasteiger partial charge in [0.1, 0.15) is 12.4 Å². The van der Waals surface area contributed by atoms with Crippen molar-refractivity contribution >= 4 is 27.3 Å². The number of hydrogen-bond acceptors (Lipinski definition) is 4. The van der Waals surface area contributed by atoms with Crippen molar-refractivity contribution in [3.05, 3.63) is 44.3 Å². The van der Waals surface area contributed by atoms with E-state index in [-0.39, 0.29) is 0 Å². The van der Waals surface area contributed by atoms with Crippen LogP contribution in [0, 0.1) is 6.92 Å². The lowest BCUT2D eigenvalue weighted by atomic mass is 10.1. The normalized spacial score (nSPS) is 12.4. The zero-order valence-corrected chi connectivity index (χ0v) is 12.6. The number of thiazole rings is 1. The third-order valence-corrected chi connectivity index (χ3v) is 3.84. The van der Waals surface area contributed by atoms with Crippen LogP contribution in [0.1, 0.15) is 28.5 Å². The highest BCUT2D eigenvalue weighted by Gasteiger charge is 2.10. The van der Waals surface area contributed by atoms with E-state index in [1.165, 1.54) is 0 Å². The SMILES string of the molecule is Cc1ncc(COc2ccc(Br)cc2C(C)O)s1. The topological polar surface area (TPSA) is 42.4 Å². The van der Waals surface area contributed by atoms with Crippen molar-refractivity contribution in [2.75, 3.05) is 0 Å². The Kier molecular flexibility index (Phi) is 4.37. The molecule has 0 aliphatic carbocycles. The Bertz CT molecular complexity index is 540. The van der Waals surface area contributed by atoms with E-state index in [1.54, 1.807) is 18.3 Å². The number of aryl methyl sites for hydroxylation is 1. The van der Waals surface area contributed by atoms with E-state index in [2.05, 4.69) is 20.9 Å². The number of rotatable bonds is 4. The van der Waals surface area contributed by atoms with Gasteiger partial charge in [-0.05, 0) is 32.0 Å². The molecule has 2 aromatic rings. The van der Waals surface area contributed by atoms with Crippen LogP contribution in [0.25, 0.3) is 0 Å². The monoisotopic (exact) mass is 327 g/mol. The van der Waals surface area contributed by atoms with Gasteiger partial charge in [0, 0.05) is 16.2 Å². The van der Waals surface area contributed by atoms with Gasteiger partial charge >= 0.3 is 0 Å². The van der Waals surface area contributed by atoms with Crippen LogP contribution in [0.5, 0.6) is 5.75 Å². The summed E-state index contributed by atoms with van der Waals surface area (Å²) in [5.41, 5.74) is 0.783. The molecule has 1 aromatic carbocycles. The molecule has 1 N–H and O–H groups in total. The first kappa shape index (κ1) is 13.5. The van der Waals surface area contributed by atoms with Crippen LogP contribution >= 0.6 is 27.3 Å². The number of nitrogens with zero attached hydrogens (tertiary/aromatic N) is 1. The summed E-state index contributed by atoms with van der Waals surface area (Å²) in [5.74, 6) is 0.708. The van der Waals surface area contributed by atoms with Crippen molar-refractivity contribution in [1.29, 1.82) is 0 Å². The zero-order valence-electron chi connectivity index (χ0n) is 10.2. The summed E-state index contributed by atoms with van der Waals surface area (Å²) in [6.45, 7) is 4.17. The lowest BCUT2D eigenvalue weighted by Crippen LogP contribution is -2.00. The van der Waals surface area contributed by atoms with E-state index in [0.29, 0.717) is 12.4 Å². The van der Waals surface area contributed by atoms with Crippen molar-refractivity contribution in [2.24, 2.45) is 0 Å². The van der Waals surface area contributed by atoms with Crippen molar-refractivity contribution in [3.8, 4) is 5.75 Å². The molecule has 0 aliphatic heterocycles. The molecule has 1 aromatic heterocycles. The molecule has 5 heteroatoms. The van der Waals surface area contributed by atoms with Crippen LogP contribution in [0.3, 0.4) is 0 Å². The Labute approximate surface area is 119 Å². The second kappa shape index (κ2) is 5.82. The first-order chi connectivity index (χ1) is 8.56. The minimum absolute atomic E-state index is 0.479. The molecule has 0 aliphatic rings. The van der Waals surface area contributed by atoms with Crippen LogP contribution < -0.4 is 4.74 Å². The molecule has 0 saturated heterocycles. The molecule has 0 fully saturated rings. The minimum atomic E-state index is -0.555. The van der Waals surface area contributed by atoms with Crippen molar-refractivity contribution < 1.29 is 9.84 Å². The second-order valence-corrected chi connectivity index (χ2v) is 6.23. The van der Waals surface area contributed by atoms with E-state index < -0.39 is 6.10 Å². The van der Waals surface area contributed by atoms with Gasteiger partial charge in [-0.2, -0.15) is 0 Å². The number of aliphatic hydroxyl groups excluding tert-OH is 1. The average molecular weight is 328 g/mol. The van der Waals surface area contributed by atoms with Gasteiger partial charge < -0.3 is 9.84 Å². The lowest BCUT2D eigenvalue weighted by molar-refractivity contribution is 0.190. The van der Waals surface area contributed by atoms with Crippen LogP contribution in [-0.2, 0) is 6.61 Å². The Balaban J connectivity index is 2.13. The van der Waals surface area contributed by atoms with Crippen molar-refractivity contribution in [2.45, 2.75) is 26.6 Å². The summed E-state index contributed by atoms with van der Waals surface area (Å²) in [7, 11) is 0. The molecule has 0 spiro atoms. The standard InChI is InChI=1S/C13H14BrNO2S/c1-8(16)12-5-10(14)3-4-13(12)17-7-11-6-15-9(2)18-11/h3-6,8,16H,7H2,1-2H3. The van der Waals surface area contributed by atoms with Crippen molar-refractivity contribution in [1.82, 2.24) is 4.98 Å². The molecule has 1 atom stereocenters. The summed E-state index contributed by atoms with van der Waals surface area (Å²) >= 11 is 5.01. The first-order valence-electron chi connectivity index (χ1n) is 5.58. The summed E-state index contributed by atoms with van der Waals surface area (Å²) in [6, 6.07) is 5.64. The van der Waals surface area contributed by atoms with Gasteiger partial charge in [-0.1, -0.05) is 15.9 Å². The maximum Gasteiger partial charge on any atom is 0.125 e. The van der Waals surface area contributed by atoms with Gasteiger partial charge in [-0.15, -0.1) is 11.3 Å². The van der Waals surface area contributed by atoms with Crippen LogP contribution in [-0.4, -0.2) is 10.1 Å². The Morgan fingerprint density at radius 1 is 1.50 bits per heavy atom. The lowest BCUT2D eigenvalue weighted by Gasteiger charge is -2.13. The zero-order chi connectivity index (χ0) is 13.1. The number of halogens is 1. The van der Waals surface area contributed by atoms with E-state index in [4.69, 9.17) is 4.74 Å². The number of aromatic nitrogens is 1. The molecule has 18 heavy (non-hydrogen) atoms. The number of aliphatic hydroxyl groups is 1. The molecule has 3 nitrogen and oxygen atoms in total. The molecule has 2 rings (SSSR count). The third kappa shape index (κ3) is 3.31. The van der Waals surface area contributed by atoms with E-state index in [1.807, 2.05) is 31.3 Å².